The number of hydrogen-bond acceptors (Lipinski definition) is 5. The van der Waals surface area contributed by atoms with Crippen molar-refractivity contribution >= 4 is 16.0 Å². The molecule has 4 rings (SSSR count). The maximum atomic E-state index is 13.6. The number of carboxylic acid groups (broad SMARTS) is 1. The van der Waals surface area contributed by atoms with Crippen molar-refractivity contribution in [3.05, 3.63) is 82.9 Å². The number of nitriles is 1. The van der Waals surface area contributed by atoms with Crippen LogP contribution in [0.25, 0.3) is 11.1 Å². The van der Waals surface area contributed by atoms with Crippen molar-refractivity contribution in [3.8, 4) is 22.9 Å². The predicted octanol–water partition coefficient (Wildman–Crippen LogP) is 4.91. The largest absolute Gasteiger partial charge is 0.488 e. The van der Waals surface area contributed by atoms with Gasteiger partial charge >= 0.3 is 5.97 Å². The zero-order valence-electron chi connectivity index (χ0n) is 20.5. The van der Waals surface area contributed by atoms with Crippen molar-refractivity contribution in [1.29, 1.82) is 5.26 Å². The molecule has 0 spiro atoms. The number of sulfonamides is 1. The fraction of sp³-hybridized carbons (Fsp3) is 0.286. The van der Waals surface area contributed by atoms with E-state index in [0.29, 0.717) is 23.3 Å². The minimum absolute atomic E-state index is 0.0152. The lowest BCUT2D eigenvalue weighted by Gasteiger charge is -2.33. The summed E-state index contributed by atoms with van der Waals surface area (Å²) in [6.07, 6.45) is 1.40. The average molecular weight is 505 g/mol. The van der Waals surface area contributed by atoms with Gasteiger partial charge in [0.2, 0.25) is 10.0 Å². The first kappa shape index (κ1) is 25.4. The maximum absolute atomic E-state index is 13.6. The highest BCUT2D eigenvalue weighted by Crippen LogP contribution is 2.35. The van der Waals surface area contributed by atoms with Crippen LogP contribution >= 0.6 is 0 Å². The Morgan fingerprint density at radius 1 is 1.14 bits per heavy atom. The van der Waals surface area contributed by atoms with Crippen LogP contribution in [0.5, 0.6) is 5.75 Å². The van der Waals surface area contributed by atoms with E-state index in [1.807, 2.05) is 45.0 Å². The molecule has 7 nitrogen and oxygen atoms in total. The Kier molecular flexibility index (Phi) is 6.90. The quantitative estimate of drug-likeness (QED) is 0.490. The van der Waals surface area contributed by atoms with E-state index in [1.165, 1.54) is 6.07 Å². The smallest absolute Gasteiger partial charge is 0.318 e. The Morgan fingerprint density at radius 2 is 1.89 bits per heavy atom. The molecule has 1 aliphatic heterocycles. The van der Waals surface area contributed by atoms with E-state index >= 15 is 0 Å². The summed E-state index contributed by atoms with van der Waals surface area (Å²) in [6.45, 7) is 5.02. The molecule has 186 valence electrons. The lowest BCUT2D eigenvalue weighted by molar-refractivity contribution is -0.137. The Labute approximate surface area is 211 Å². The van der Waals surface area contributed by atoms with Gasteiger partial charge in [0, 0.05) is 6.54 Å². The monoisotopic (exact) mass is 504 g/mol. The van der Waals surface area contributed by atoms with E-state index in [9.17, 15) is 23.6 Å². The molecular formula is C28H28N2O5S. The van der Waals surface area contributed by atoms with Gasteiger partial charge in [-0.15, -0.1) is 0 Å². The molecule has 0 saturated heterocycles. The first-order valence-corrected chi connectivity index (χ1v) is 13.1. The second kappa shape index (κ2) is 9.76. The fourth-order valence-corrected chi connectivity index (χ4v) is 5.85. The van der Waals surface area contributed by atoms with Crippen LogP contribution in [0.15, 0.2) is 65.6 Å². The summed E-state index contributed by atoms with van der Waals surface area (Å²) in [5, 5.41) is 19.1. The van der Waals surface area contributed by atoms with E-state index < -0.39 is 22.5 Å². The highest BCUT2D eigenvalue weighted by molar-refractivity contribution is 7.89. The fourth-order valence-electron chi connectivity index (χ4n) is 4.43. The van der Waals surface area contributed by atoms with Crippen LogP contribution < -0.4 is 4.74 Å². The molecule has 0 unspecified atom stereocenters. The average Bonchev–Trinajstić information content (AvgIpc) is 2.82. The normalized spacial score (nSPS) is 14.5. The molecule has 0 aromatic heterocycles. The van der Waals surface area contributed by atoms with Crippen molar-refractivity contribution in [2.75, 3.05) is 6.54 Å². The number of fused-ring (bicyclic) bond motifs is 1. The van der Waals surface area contributed by atoms with Gasteiger partial charge < -0.3 is 9.84 Å². The van der Waals surface area contributed by atoms with E-state index in [1.54, 1.807) is 30.3 Å². The van der Waals surface area contributed by atoms with Crippen molar-refractivity contribution in [3.63, 3.8) is 0 Å². The van der Waals surface area contributed by atoms with Crippen molar-refractivity contribution < 1.29 is 23.1 Å². The Morgan fingerprint density at radius 3 is 2.58 bits per heavy atom. The molecule has 0 aliphatic carbocycles. The number of ether oxygens (including phenoxy) is 1. The Balaban J connectivity index is 1.72. The first-order chi connectivity index (χ1) is 17.0. The highest BCUT2D eigenvalue weighted by atomic mass is 32.2. The van der Waals surface area contributed by atoms with Gasteiger partial charge in [-0.3, -0.25) is 4.79 Å². The van der Waals surface area contributed by atoms with Gasteiger partial charge in [-0.1, -0.05) is 24.3 Å². The molecule has 0 amide bonds. The highest BCUT2D eigenvalue weighted by Gasteiger charge is 2.31. The number of rotatable bonds is 7. The van der Waals surface area contributed by atoms with Crippen LogP contribution in [0.1, 0.15) is 42.5 Å². The van der Waals surface area contributed by atoms with Gasteiger partial charge in [0.1, 0.15) is 17.9 Å². The van der Waals surface area contributed by atoms with Crippen molar-refractivity contribution in [2.24, 2.45) is 0 Å². The summed E-state index contributed by atoms with van der Waals surface area (Å²) in [7, 11) is -4.15. The molecule has 0 atom stereocenters. The molecule has 8 heteroatoms. The molecule has 0 saturated carbocycles. The Bertz CT molecular complexity index is 1470. The number of aliphatic carboxylic acids is 1. The molecule has 36 heavy (non-hydrogen) atoms. The van der Waals surface area contributed by atoms with Gasteiger partial charge in [-0.05, 0) is 97.8 Å². The predicted molar refractivity (Wildman–Crippen MR) is 136 cm³/mol. The van der Waals surface area contributed by atoms with Crippen LogP contribution in [0.2, 0.25) is 0 Å². The number of carboxylic acids is 1. The third kappa shape index (κ3) is 5.43. The topological polar surface area (TPSA) is 108 Å². The molecular weight excluding hydrogens is 476 g/mol. The summed E-state index contributed by atoms with van der Waals surface area (Å²) >= 11 is 0. The van der Waals surface area contributed by atoms with E-state index in [0.717, 1.165) is 33.0 Å². The maximum Gasteiger partial charge on any atom is 0.318 e. The first-order valence-electron chi connectivity index (χ1n) is 11.6. The lowest BCUT2D eigenvalue weighted by Crippen LogP contribution is -2.36. The van der Waals surface area contributed by atoms with Gasteiger partial charge in [0.05, 0.1) is 16.5 Å². The van der Waals surface area contributed by atoms with Gasteiger partial charge in [-0.2, -0.15) is 9.57 Å². The van der Waals surface area contributed by atoms with Crippen molar-refractivity contribution in [2.45, 2.75) is 50.7 Å². The summed E-state index contributed by atoms with van der Waals surface area (Å²) in [5.74, 6) is -0.628. The van der Waals surface area contributed by atoms with Crippen LogP contribution in [-0.2, 0) is 27.8 Å². The molecule has 0 fully saturated rings. The summed E-state index contributed by atoms with van der Waals surface area (Å²) < 4.78 is 34.1. The third-order valence-corrected chi connectivity index (χ3v) is 8.09. The van der Waals surface area contributed by atoms with Crippen LogP contribution in [0.4, 0.5) is 0 Å². The van der Waals surface area contributed by atoms with Gasteiger partial charge in [0.15, 0.2) is 0 Å². The molecule has 3 aromatic carbocycles. The SMILES string of the molecule is Cc1ccccc1-c1cc(C#N)cc(CN(CC(=O)O)S(=O)(=O)c2ccc3c(c2)CCC(C)(C)O3)c1. The van der Waals surface area contributed by atoms with Crippen LogP contribution in [-0.4, -0.2) is 35.9 Å². The minimum Gasteiger partial charge on any atom is -0.488 e. The van der Waals surface area contributed by atoms with Gasteiger partial charge in [-0.25, -0.2) is 8.42 Å². The second-order valence-electron chi connectivity index (χ2n) is 9.64. The summed E-state index contributed by atoms with van der Waals surface area (Å²) in [6, 6.07) is 19.6. The second-order valence-corrected chi connectivity index (χ2v) is 11.6. The zero-order chi connectivity index (χ0) is 26.1. The number of benzene rings is 3. The Hall–Kier alpha value is -3.67. The minimum atomic E-state index is -4.15. The number of carbonyl (C=O) groups is 1. The number of aryl methyl sites for hydroxylation is 2. The van der Waals surface area contributed by atoms with Crippen molar-refractivity contribution in [1.82, 2.24) is 4.31 Å². The molecule has 3 aromatic rings. The molecule has 1 N–H and O–H groups in total. The van der Waals surface area contributed by atoms with E-state index in [2.05, 4.69) is 6.07 Å². The number of nitrogens with zero attached hydrogens (tertiary/aromatic N) is 2. The van der Waals surface area contributed by atoms with E-state index in [-0.39, 0.29) is 17.0 Å². The molecule has 0 bridgehead atoms. The van der Waals surface area contributed by atoms with Crippen LogP contribution in [0.3, 0.4) is 0 Å². The molecule has 0 radical (unpaired) electrons. The third-order valence-electron chi connectivity index (χ3n) is 6.30. The summed E-state index contributed by atoms with van der Waals surface area (Å²) in [4.78, 5) is 11.7. The lowest BCUT2D eigenvalue weighted by atomic mass is 9.94. The van der Waals surface area contributed by atoms with Gasteiger partial charge in [0.25, 0.3) is 0 Å². The number of hydrogen-bond donors (Lipinski definition) is 1. The standard InChI is InChI=1S/C28H28N2O5S/c1-19-6-4-5-7-25(19)23-13-20(16-29)12-21(14-23)17-30(18-27(31)32)36(33,34)24-8-9-26-22(15-24)10-11-28(2,3)35-26/h4-9,12-15H,10-11,17-18H2,1-3H3,(H,31,32). The van der Waals surface area contributed by atoms with Crippen LogP contribution in [0, 0.1) is 18.3 Å². The zero-order valence-corrected chi connectivity index (χ0v) is 21.3. The summed E-state index contributed by atoms with van der Waals surface area (Å²) in [5.41, 5.74) is 4.03. The molecule has 1 heterocycles. The molecule has 1 aliphatic rings. The van der Waals surface area contributed by atoms with E-state index in [4.69, 9.17) is 4.74 Å².